The van der Waals surface area contributed by atoms with Crippen LogP contribution in [0.5, 0.6) is 0 Å². The second kappa shape index (κ2) is 8.94. The van der Waals surface area contributed by atoms with Gasteiger partial charge in [0.25, 0.3) is 0 Å². The van der Waals surface area contributed by atoms with Crippen molar-refractivity contribution in [3.05, 3.63) is 40.3 Å². The van der Waals surface area contributed by atoms with Gasteiger partial charge >= 0.3 is 0 Å². The quantitative estimate of drug-likeness (QED) is 0.542. The van der Waals surface area contributed by atoms with Crippen molar-refractivity contribution >= 4 is 23.0 Å². The standard InChI is InChI=1S/C24H29N5O2S/c1-14(2)29-23-18(22(27-29)16-7-6-15(3)25-13-16)9-10-19-24(23)32-20(26-19)12-17(30)8-11-21(31)28(4)5/h6-7,13-14H,8-12H2,1-5H3. The third-order valence-electron chi connectivity index (χ3n) is 5.72. The number of ketones is 1. The molecule has 3 aromatic rings. The van der Waals surface area contributed by atoms with Crippen LogP contribution in [0.3, 0.4) is 0 Å². The number of aromatic nitrogens is 4. The second-order valence-electron chi connectivity index (χ2n) is 8.79. The largest absolute Gasteiger partial charge is 0.349 e. The Bertz CT molecular complexity index is 1160. The number of carbonyl (C=O) groups is 2. The summed E-state index contributed by atoms with van der Waals surface area (Å²) in [5.41, 5.74) is 6.40. The van der Waals surface area contributed by atoms with E-state index in [1.165, 1.54) is 10.5 Å². The Kier molecular flexibility index (Phi) is 6.24. The maximum absolute atomic E-state index is 12.5. The average molecular weight is 452 g/mol. The minimum absolute atomic E-state index is 0.0274. The first-order valence-electron chi connectivity index (χ1n) is 11.0. The van der Waals surface area contributed by atoms with Gasteiger partial charge in [0.15, 0.2) is 0 Å². The summed E-state index contributed by atoms with van der Waals surface area (Å²) < 4.78 is 2.09. The van der Waals surface area contributed by atoms with Crippen molar-refractivity contribution in [3.63, 3.8) is 0 Å². The third-order valence-corrected chi connectivity index (χ3v) is 6.82. The molecule has 0 saturated carbocycles. The summed E-state index contributed by atoms with van der Waals surface area (Å²) in [6.07, 6.45) is 4.37. The maximum Gasteiger partial charge on any atom is 0.222 e. The zero-order valence-electron chi connectivity index (χ0n) is 19.3. The highest BCUT2D eigenvalue weighted by Gasteiger charge is 2.30. The Labute approximate surface area is 192 Å². The van der Waals surface area contributed by atoms with Crippen LogP contribution in [-0.4, -0.2) is 50.4 Å². The van der Waals surface area contributed by atoms with Crippen molar-refractivity contribution in [2.24, 2.45) is 0 Å². The van der Waals surface area contributed by atoms with Crippen molar-refractivity contribution in [1.82, 2.24) is 24.6 Å². The molecule has 1 aliphatic carbocycles. The Morgan fingerprint density at radius 3 is 2.62 bits per heavy atom. The number of hydrogen-bond acceptors (Lipinski definition) is 6. The monoisotopic (exact) mass is 451 g/mol. The molecule has 0 N–H and O–H groups in total. The molecule has 7 nitrogen and oxygen atoms in total. The van der Waals surface area contributed by atoms with E-state index in [1.54, 1.807) is 25.4 Å². The van der Waals surface area contributed by atoms with Crippen molar-refractivity contribution in [2.45, 2.75) is 58.9 Å². The molecule has 0 spiro atoms. The van der Waals surface area contributed by atoms with Gasteiger partial charge in [-0.1, -0.05) is 0 Å². The van der Waals surface area contributed by atoms with Crippen LogP contribution in [-0.2, 0) is 28.9 Å². The molecule has 3 aromatic heterocycles. The number of amides is 1. The summed E-state index contributed by atoms with van der Waals surface area (Å²) >= 11 is 1.59. The lowest BCUT2D eigenvalue weighted by molar-refractivity contribution is -0.130. The lowest BCUT2D eigenvalue weighted by Gasteiger charge is -2.16. The maximum atomic E-state index is 12.5. The summed E-state index contributed by atoms with van der Waals surface area (Å²) in [5.74, 6) is 0.0238. The number of aryl methyl sites for hydroxylation is 2. The predicted molar refractivity (Wildman–Crippen MR) is 126 cm³/mol. The Balaban J connectivity index is 1.64. The first-order chi connectivity index (χ1) is 15.2. The van der Waals surface area contributed by atoms with E-state index in [2.05, 4.69) is 29.6 Å². The van der Waals surface area contributed by atoms with Gasteiger partial charge in [0.2, 0.25) is 5.91 Å². The molecule has 1 aliphatic rings. The highest BCUT2D eigenvalue weighted by Crippen LogP contribution is 2.43. The van der Waals surface area contributed by atoms with Gasteiger partial charge in [-0.05, 0) is 45.7 Å². The van der Waals surface area contributed by atoms with Crippen molar-refractivity contribution in [2.75, 3.05) is 14.1 Å². The van der Waals surface area contributed by atoms with E-state index in [0.717, 1.165) is 51.1 Å². The van der Waals surface area contributed by atoms with E-state index in [0.29, 0.717) is 0 Å². The first-order valence-corrected chi connectivity index (χ1v) is 11.8. The highest BCUT2D eigenvalue weighted by molar-refractivity contribution is 7.15. The molecule has 0 aromatic carbocycles. The molecule has 0 bridgehead atoms. The predicted octanol–water partition coefficient (Wildman–Crippen LogP) is 4.04. The smallest absolute Gasteiger partial charge is 0.222 e. The molecule has 0 radical (unpaired) electrons. The Morgan fingerprint density at radius 2 is 1.97 bits per heavy atom. The molecule has 1 amide bonds. The van der Waals surface area contributed by atoms with Crippen LogP contribution in [0.25, 0.3) is 21.8 Å². The summed E-state index contributed by atoms with van der Waals surface area (Å²) in [7, 11) is 3.41. The Morgan fingerprint density at radius 1 is 1.19 bits per heavy atom. The van der Waals surface area contributed by atoms with Crippen molar-refractivity contribution in [1.29, 1.82) is 0 Å². The van der Waals surface area contributed by atoms with Crippen LogP contribution in [0.4, 0.5) is 0 Å². The average Bonchev–Trinajstić information content (AvgIpc) is 3.33. The topological polar surface area (TPSA) is 81.0 Å². The zero-order chi connectivity index (χ0) is 23.0. The molecule has 0 aliphatic heterocycles. The molecule has 168 valence electrons. The number of nitrogens with zero attached hydrogens (tertiary/aromatic N) is 5. The number of fused-ring (bicyclic) bond motifs is 3. The summed E-state index contributed by atoms with van der Waals surface area (Å²) in [6, 6.07) is 4.30. The van der Waals surface area contributed by atoms with E-state index in [-0.39, 0.29) is 37.0 Å². The van der Waals surface area contributed by atoms with Gasteiger partial charge < -0.3 is 4.90 Å². The summed E-state index contributed by atoms with van der Waals surface area (Å²) in [4.78, 5) is 36.1. The van der Waals surface area contributed by atoms with Crippen molar-refractivity contribution in [3.8, 4) is 21.8 Å². The minimum atomic E-state index is -0.0274. The molecule has 0 unspecified atom stereocenters. The lowest BCUT2D eigenvalue weighted by atomic mass is 9.95. The van der Waals surface area contributed by atoms with E-state index < -0.39 is 0 Å². The number of Topliss-reactive ketones (excluding diaryl/α,β-unsaturated/α-hetero) is 1. The van der Waals surface area contributed by atoms with E-state index in [1.807, 2.05) is 19.2 Å². The fraction of sp³-hybridized carbons (Fsp3) is 0.458. The van der Waals surface area contributed by atoms with E-state index in [4.69, 9.17) is 10.1 Å². The molecule has 3 heterocycles. The molecule has 8 heteroatoms. The number of thiazole rings is 1. The fourth-order valence-electron chi connectivity index (χ4n) is 3.96. The summed E-state index contributed by atoms with van der Waals surface area (Å²) in [6.45, 7) is 6.24. The van der Waals surface area contributed by atoms with Crippen LogP contribution < -0.4 is 0 Å². The molecular weight excluding hydrogens is 422 g/mol. The third kappa shape index (κ3) is 4.37. The molecule has 0 saturated heterocycles. The van der Waals surface area contributed by atoms with Crippen LogP contribution in [0.15, 0.2) is 18.3 Å². The van der Waals surface area contributed by atoms with Crippen LogP contribution >= 0.6 is 11.3 Å². The molecular formula is C24H29N5O2S. The van der Waals surface area contributed by atoms with Crippen LogP contribution in [0.2, 0.25) is 0 Å². The normalized spacial score (nSPS) is 12.6. The van der Waals surface area contributed by atoms with Gasteiger partial charge in [-0.3, -0.25) is 19.3 Å². The number of carbonyl (C=O) groups excluding carboxylic acids is 2. The second-order valence-corrected chi connectivity index (χ2v) is 9.87. The van der Waals surface area contributed by atoms with Gasteiger partial charge in [-0.15, -0.1) is 11.3 Å². The van der Waals surface area contributed by atoms with Gasteiger partial charge in [0, 0.05) is 56.0 Å². The SMILES string of the molecule is Cc1ccc(-c2nn(C(C)C)c3c2CCc2nc(CC(=O)CCC(=O)N(C)C)sc2-3)cn1. The first kappa shape index (κ1) is 22.3. The summed E-state index contributed by atoms with van der Waals surface area (Å²) in [5, 5.41) is 5.79. The van der Waals surface area contributed by atoms with Gasteiger partial charge in [-0.2, -0.15) is 5.10 Å². The number of hydrogen-bond donors (Lipinski definition) is 0. The van der Waals surface area contributed by atoms with Crippen molar-refractivity contribution < 1.29 is 9.59 Å². The van der Waals surface area contributed by atoms with Gasteiger partial charge in [0.1, 0.15) is 10.8 Å². The molecule has 32 heavy (non-hydrogen) atoms. The number of rotatable bonds is 7. The molecule has 0 atom stereocenters. The lowest BCUT2D eigenvalue weighted by Crippen LogP contribution is -2.22. The van der Waals surface area contributed by atoms with E-state index in [9.17, 15) is 9.59 Å². The van der Waals surface area contributed by atoms with E-state index >= 15 is 0 Å². The van der Waals surface area contributed by atoms with Crippen LogP contribution in [0, 0.1) is 6.92 Å². The fourth-order valence-corrected chi connectivity index (χ4v) is 5.16. The molecule has 0 fully saturated rings. The highest BCUT2D eigenvalue weighted by atomic mass is 32.1. The zero-order valence-corrected chi connectivity index (χ0v) is 20.1. The van der Waals surface area contributed by atoms with Gasteiger partial charge in [0.05, 0.1) is 28.4 Å². The van der Waals surface area contributed by atoms with Gasteiger partial charge in [-0.25, -0.2) is 4.98 Å². The Hall–Kier alpha value is -2.87. The van der Waals surface area contributed by atoms with Crippen LogP contribution in [0.1, 0.15) is 54.7 Å². The number of pyridine rings is 1. The minimum Gasteiger partial charge on any atom is -0.349 e. The molecule has 4 rings (SSSR count).